The molecule has 0 aliphatic carbocycles. The molecule has 17 nitrogen and oxygen atoms in total. The van der Waals surface area contributed by atoms with Crippen molar-refractivity contribution in [1.82, 2.24) is 30.1 Å². The highest BCUT2D eigenvalue weighted by Gasteiger charge is 2.19. The molecule has 8 N–H and O–H groups in total. The molecule has 0 radical (unpaired) electrons. The smallest absolute Gasteiger partial charge is 0.478 e. The van der Waals surface area contributed by atoms with Gasteiger partial charge in [-0.15, -0.1) is 0 Å². The average molecular weight is 1390 g/mol. The van der Waals surface area contributed by atoms with E-state index < -0.39 is 83.1 Å². The molecule has 5 aromatic carbocycles. The van der Waals surface area contributed by atoms with Crippen molar-refractivity contribution >= 4 is 105 Å². The van der Waals surface area contributed by atoms with Gasteiger partial charge in [0.25, 0.3) is 11.6 Å². The summed E-state index contributed by atoms with van der Waals surface area (Å²) in [6.45, 7) is 0. The Morgan fingerprint density at radius 2 is 0.806 bits per heavy atom. The molecule has 1 amide bonds. The van der Waals surface area contributed by atoms with E-state index in [-0.39, 0.29) is 104 Å². The molecule has 6 heterocycles. The maximum absolute atomic E-state index is 13.6. The molecule has 93 heavy (non-hydrogen) atoms. The summed E-state index contributed by atoms with van der Waals surface area (Å²) in [5, 5.41) is 46.7. The molecule has 33 heteroatoms. The number of carbonyl (C=O) groups is 3. The van der Waals surface area contributed by atoms with E-state index in [4.69, 9.17) is 99.5 Å². The van der Waals surface area contributed by atoms with E-state index in [1.165, 1.54) is 78.9 Å². The van der Waals surface area contributed by atoms with Crippen molar-refractivity contribution in [3.05, 3.63) is 258 Å². The fourth-order valence-electron chi connectivity index (χ4n) is 7.25. The van der Waals surface area contributed by atoms with Gasteiger partial charge >= 0.3 is 19.1 Å². The standard InChI is InChI=1S/C12H7ClF2N2O.C12H5ClF2N2.C12H6ClF2NO2.C12H7F2N3O.C6H5BF2O2.C6H3Cl2NO2/c13-11-8(12(16)18)3-4-10(17-11)7-2-1-6(14)5-9(7)15;13-12-7(6-16)1-4-11(17-12)9-3-2-8(14)5-10(9)15;13-11-8(12(17)18)3-4-10(16-11)7-2-1-6(14)5-9(7)15;13-6-1-2-7(9(14)5-6)10-4-3-8-11(15)17-18-12(8)16-10;8-4-1-2-5(7(10)11)6(9)3-4;7-4-2-1-3(6(10)11)5(8)9-4/h1-5H,(H2,16,18);1-5H;1-5H,(H,17,18);1-5H,(H2,15,17);1-3,10-11H;1-2H,(H,10,11). The lowest BCUT2D eigenvalue weighted by atomic mass is 9.80. The van der Waals surface area contributed by atoms with Crippen LogP contribution in [0, 0.1) is 69.5 Å². The minimum atomic E-state index is -1.89. The Labute approximate surface area is 541 Å². The van der Waals surface area contributed by atoms with Gasteiger partial charge in [-0.1, -0.05) is 69.2 Å². The predicted molar refractivity (Wildman–Crippen MR) is 323 cm³/mol. The third-order valence-electron chi connectivity index (χ3n) is 11.6. The third kappa shape index (κ3) is 19.6. The molecule has 0 aliphatic rings. The molecule has 0 fully saturated rings. The Morgan fingerprint density at radius 3 is 1.16 bits per heavy atom. The van der Waals surface area contributed by atoms with Gasteiger partial charge in [0.15, 0.2) is 5.82 Å². The lowest BCUT2D eigenvalue weighted by molar-refractivity contribution is 0.0685. The van der Waals surface area contributed by atoms with Gasteiger partial charge in [0, 0.05) is 58.0 Å². The van der Waals surface area contributed by atoms with Crippen LogP contribution < -0.4 is 16.9 Å². The van der Waals surface area contributed by atoms with Crippen LogP contribution in [0.25, 0.3) is 56.1 Å². The lowest BCUT2D eigenvalue weighted by Crippen LogP contribution is -2.32. The predicted octanol–water partition coefficient (Wildman–Crippen LogP) is 14.2. The molecule has 0 saturated carbocycles. The highest BCUT2D eigenvalue weighted by atomic mass is 35.5. The number of primary amides is 1. The minimum absolute atomic E-state index is 0.00581. The Morgan fingerprint density at radius 1 is 0.452 bits per heavy atom. The van der Waals surface area contributed by atoms with Gasteiger partial charge in [-0.2, -0.15) is 5.26 Å². The van der Waals surface area contributed by atoms with E-state index in [0.29, 0.717) is 17.1 Å². The number of rotatable bonds is 8. The number of fused-ring (bicyclic) bond motifs is 1. The third-order valence-corrected chi connectivity index (χ3v) is 13.0. The van der Waals surface area contributed by atoms with Gasteiger partial charge in [0.2, 0.25) is 0 Å². The summed E-state index contributed by atoms with van der Waals surface area (Å²) in [4.78, 5) is 51.2. The summed E-state index contributed by atoms with van der Waals surface area (Å²) < 4.78 is 135. The maximum atomic E-state index is 13.6. The summed E-state index contributed by atoms with van der Waals surface area (Å²) >= 11 is 28.0. The number of hydrogen-bond acceptors (Lipinski definition) is 14. The molecule has 474 valence electrons. The van der Waals surface area contributed by atoms with Crippen LogP contribution in [0.15, 0.2) is 156 Å². The topological polar surface area (TPSA) is 298 Å². The van der Waals surface area contributed by atoms with Crippen LogP contribution in [0.5, 0.6) is 0 Å². The Balaban J connectivity index is 0.000000179. The first-order valence-corrected chi connectivity index (χ1v) is 27.0. The molecular weight excluding hydrogens is 1350 g/mol. The molecule has 0 unspecified atom stereocenters. The van der Waals surface area contributed by atoms with Gasteiger partial charge in [-0.3, -0.25) is 4.79 Å². The van der Waals surface area contributed by atoms with Gasteiger partial charge in [0.05, 0.1) is 50.4 Å². The Bertz CT molecular complexity index is 4550. The fourth-order valence-corrected chi connectivity index (χ4v) is 8.35. The molecule has 0 spiro atoms. The van der Waals surface area contributed by atoms with Crippen molar-refractivity contribution in [3.63, 3.8) is 0 Å². The molecule has 0 saturated heterocycles. The van der Waals surface area contributed by atoms with E-state index in [9.17, 15) is 58.3 Å². The number of nitrogens with zero attached hydrogens (tertiary/aromatic N) is 7. The zero-order valence-corrected chi connectivity index (χ0v) is 49.7. The number of nitriles is 1. The normalized spacial score (nSPS) is 10.3. The number of benzene rings is 5. The number of amides is 1. The first-order valence-electron chi connectivity index (χ1n) is 25.1. The highest BCUT2D eigenvalue weighted by molar-refractivity contribution is 6.58. The number of carboxylic acids is 2. The van der Waals surface area contributed by atoms with Crippen LogP contribution >= 0.6 is 58.0 Å². The molecule has 6 aromatic heterocycles. The highest BCUT2D eigenvalue weighted by Crippen LogP contribution is 2.30. The monoisotopic (exact) mass is 1380 g/mol. The summed E-state index contributed by atoms with van der Waals surface area (Å²) in [5.41, 5.74) is 11.9. The van der Waals surface area contributed by atoms with Crippen LogP contribution in [0.4, 0.5) is 49.7 Å². The number of pyridine rings is 5. The minimum Gasteiger partial charge on any atom is -0.478 e. The van der Waals surface area contributed by atoms with E-state index in [1.54, 1.807) is 12.1 Å². The summed E-state index contributed by atoms with van der Waals surface area (Å²) in [7, 11) is -1.89. The molecule has 11 rings (SSSR count). The average Bonchev–Trinajstić information content (AvgIpc) is 1.84. The van der Waals surface area contributed by atoms with Crippen LogP contribution in [0.2, 0.25) is 25.8 Å². The number of hydrogen-bond donors (Lipinski definition) is 6. The second-order valence-corrected chi connectivity index (χ2v) is 19.6. The van der Waals surface area contributed by atoms with Gasteiger partial charge in [0.1, 0.15) is 90.0 Å². The number of aromatic carboxylic acids is 2. The number of carboxylic acid groups (broad SMARTS) is 2. The van der Waals surface area contributed by atoms with Crippen molar-refractivity contribution in [2.75, 3.05) is 5.73 Å². The SMILES string of the molecule is N#Cc1ccc(-c2ccc(F)cc2F)nc1Cl.NC(=O)c1ccc(-c2ccc(F)cc2F)nc1Cl.Nc1noc2nc(-c3ccc(F)cc3F)ccc12.O=C(O)c1ccc(-c2ccc(F)cc2F)nc1Cl.O=C(O)c1ccc(Cl)nc1Cl.OB(O)c1ccc(F)cc1F. The fraction of sp³-hybridized carbons (Fsp3) is 0. The van der Waals surface area contributed by atoms with Crippen LogP contribution in [0.1, 0.15) is 36.6 Å². The van der Waals surface area contributed by atoms with Crippen LogP contribution in [-0.4, -0.2) is 75.3 Å². The van der Waals surface area contributed by atoms with Crippen LogP contribution in [0.3, 0.4) is 0 Å². The van der Waals surface area contributed by atoms with Crippen molar-refractivity contribution in [2.24, 2.45) is 5.73 Å². The van der Waals surface area contributed by atoms with Crippen molar-refractivity contribution in [2.45, 2.75) is 0 Å². The van der Waals surface area contributed by atoms with Gasteiger partial charge < -0.3 is 36.3 Å². The number of nitrogen functional groups attached to an aromatic ring is 1. The molecule has 0 aliphatic heterocycles. The van der Waals surface area contributed by atoms with E-state index in [1.807, 2.05) is 6.07 Å². The number of halogens is 15. The van der Waals surface area contributed by atoms with Crippen molar-refractivity contribution in [1.29, 1.82) is 5.26 Å². The van der Waals surface area contributed by atoms with E-state index in [2.05, 4.69) is 30.1 Å². The Hall–Kier alpha value is -10.2. The molecule has 0 bridgehead atoms. The summed E-state index contributed by atoms with van der Waals surface area (Å²) in [6.07, 6.45) is 0. The molecular formula is C60H33BCl5F10N9O8. The molecule has 0 atom stereocenters. The second-order valence-electron chi connectivity index (χ2n) is 17.8. The van der Waals surface area contributed by atoms with Gasteiger partial charge in [-0.25, -0.2) is 78.4 Å². The number of nitrogens with two attached hydrogens (primary N) is 2. The maximum Gasteiger partial charge on any atom is 0.491 e. The first-order chi connectivity index (χ1) is 44.0. The first kappa shape index (κ1) is 71.8. The quantitative estimate of drug-likeness (QED) is 0.0468. The van der Waals surface area contributed by atoms with E-state index in [0.717, 1.165) is 54.6 Å². The van der Waals surface area contributed by atoms with Gasteiger partial charge in [-0.05, 0) is 115 Å². The Kier molecular flexibility index (Phi) is 25.2. The lowest BCUT2D eigenvalue weighted by Gasteiger charge is -2.05. The number of anilines is 1. The van der Waals surface area contributed by atoms with Crippen LogP contribution in [-0.2, 0) is 0 Å². The summed E-state index contributed by atoms with van der Waals surface area (Å²) in [5.74, 6) is -10.2. The number of carbonyl (C=O) groups excluding carboxylic acids is 1. The molecule has 11 aromatic rings. The van der Waals surface area contributed by atoms with Crippen molar-refractivity contribution in [3.8, 4) is 51.1 Å². The summed E-state index contributed by atoms with van der Waals surface area (Å²) in [6, 6.07) is 31.0. The van der Waals surface area contributed by atoms with Crippen molar-refractivity contribution < 1.29 is 83.1 Å². The zero-order chi connectivity index (χ0) is 68.5. The van der Waals surface area contributed by atoms with E-state index >= 15 is 0 Å². The second kappa shape index (κ2) is 32.7. The number of aromatic nitrogens is 6. The zero-order valence-electron chi connectivity index (χ0n) is 45.9. The largest absolute Gasteiger partial charge is 0.491 e.